The van der Waals surface area contributed by atoms with Gasteiger partial charge in [0, 0.05) is 55.8 Å². The minimum Gasteiger partial charge on any atom is -0.356 e. The second kappa shape index (κ2) is 5.36. The molecule has 0 bridgehead atoms. The van der Waals surface area contributed by atoms with Gasteiger partial charge in [0.05, 0.1) is 5.56 Å². The van der Waals surface area contributed by atoms with Crippen molar-refractivity contribution in [2.24, 2.45) is 11.8 Å². The molecule has 122 valence electrons. The molecule has 0 saturated carbocycles. The van der Waals surface area contributed by atoms with Gasteiger partial charge in [0.2, 0.25) is 0 Å². The van der Waals surface area contributed by atoms with E-state index in [0.29, 0.717) is 17.7 Å². The SMILES string of the molecule is FC(F)(F)c1ccc(N2CC3CN(c4nccs4)CC3C2)nc1. The third-order valence-corrected chi connectivity index (χ3v) is 5.41. The number of pyridine rings is 1. The third kappa shape index (κ3) is 2.75. The molecule has 2 atom stereocenters. The van der Waals surface area contributed by atoms with Crippen molar-refractivity contribution in [2.45, 2.75) is 6.18 Å². The molecule has 0 aromatic carbocycles. The topological polar surface area (TPSA) is 32.3 Å². The standard InChI is InChI=1S/C15H15F3N4S/c16-15(17,18)12-1-2-13(20-5-12)21-6-10-8-22(9-11(10)7-21)14-19-3-4-23-14/h1-5,10-11H,6-9H2. The van der Waals surface area contributed by atoms with Crippen LogP contribution < -0.4 is 9.80 Å². The Kier molecular flexibility index (Phi) is 3.44. The van der Waals surface area contributed by atoms with E-state index in [4.69, 9.17) is 0 Å². The molecule has 2 unspecified atom stereocenters. The number of aromatic nitrogens is 2. The van der Waals surface area contributed by atoms with Crippen molar-refractivity contribution in [2.75, 3.05) is 36.0 Å². The molecule has 2 aromatic rings. The Labute approximate surface area is 135 Å². The summed E-state index contributed by atoms with van der Waals surface area (Å²) in [4.78, 5) is 12.7. The Morgan fingerprint density at radius 2 is 1.70 bits per heavy atom. The lowest BCUT2D eigenvalue weighted by Gasteiger charge is -2.22. The summed E-state index contributed by atoms with van der Waals surface area (Å²) in [6.07, 6.45) is -1.60. The van der Waals surface area contributed by atoms with Gasteiger partial charge in [-0.3, -0.25) is 0 Å². The Hall–Kier alpha value is -1.83. The van der Waals surface area contributed by atoms with E-state index in [1.54, 1.807) is 11.3 Å². The normalized spacial score (nSPS) is 24.3. The zero-order chi connectivity index (χ0) is 16.0. The molecule has 4 heterocycles. The van der Waals surface area contributed by atoms with Gasteiger partial charge in [0.25, 0.3) is 0 Å². The highest BCUT2D eigenvalue weighted by molar-refractivity contribution is 7.13. The van der Waals surface area contributed by atoms with Crippen LogP contribution >= 0.6 is 11.3 Å². The zero-order valence-corrected chi connectivity index (χ0v) is 13.0. The summed E-state index contributed by atoms with van der Waals surface area (Å²) in [5.41, 5.74) is -0.699. The Bertz CT molecular complexity index is 657. The van der Waals surface area contributed by atoms with Gasteiger partial charge in [-0.1, -0.05) is 0 Å². The van der Waals surface area contributed by atoms with E-state index in [0.717, 1.165) is 43.6 Å². The predicted molar refractivity (Wildman–Crippen MR) is 82.8 cm³/mol. The van der Waals surface area contributed by atoms with Crippen LogP contribution in [0.25, 0.3) is 0 Å². The maximum absolute atomic E-state index is 12.6. The van der Waals surface area contributed by atoms with E-state index in [1.165, 1.54) is 6.07 Å². The van der Waals surface area contributed by atoms with Gasteiger partial charge in [-0.25, -0.2) is 9.97 Å². The summed E-state index contributed by atoms with van der Waals surface area (Å²) in [6.45, 7) is 3.58. The summed E-state index contributed by atoms with van der Waals surface area (Å²) in [6, 6.07) is 2.58. The lowest BCUT2D eigenvalue weighted by molar-refractivity contribution is -0.137. The molecule has 2 saturated heterocycles. The molecule has 2 aromatic heterocycles. The molecule has 0 radical (unpaired) electrons. The number of alkyl halides is 3. The van der Waals surface area contributed by atoms with Crippen LogP contribution in [0.4, 0.5) is 24.1 Å². The first-order valence-electron chi connectivity index (χ1n) is 7.43. The lowest BCUT2D eigenvalue weighted by atomic mass is 10.0. The maximum atomic E-state index is 12.6. The van der Waals surface area contributed by atoms with Crippen molar-refractivity contribution < 1.29 is 13.2 Å². The molecular weight excluding hydrogens is 325 g/mol. The van der Waals surface area contributed by atoms with Gasteiger partial charge in [0.1, 0.15) is 5.82 Å². The van der Waals surface area contributed by atoms with Crippen LogP contribution in [0.2, 0.25) is 0 Å². The summed E-state index contributed by atoms with van der Waals surface area (Å²) in [5, 5.41) is 3.03. The van der Waals surface area contributed by atoms with Crippen LogP contribution in [0.5, 0.6) is 0 Å². The van der Waals surface area contributed by atoms with Gasteiger partial charge >= 0.3 is 6.18 Å². The van der Waals surface area contributed by atoms with Crippen LogP contribution in [0.1, 0.15) is 5.56 Å². The highest BCUT2D eigenvalue weighted by Crippen LogP contribution is 2.36. The molecule has 0 amide bonds. The quantitative estimate of drug-likeness (QED) is 0.841. The second-order valence-corrected chi connectivity index (χ2v) is 6.92. The van der Waals surface area contributed by atoms with Crippen molar-refractivity contribution in [3.63, 3.8) is 0 Å². The molecule has 0 aliphatic carbocycles. The second-order valence-electron chi connectivity index (χ2n) is 6.05. The molecule has 4 nitrogen and oxygen atoms in total. The fourth-order valence-electron chi connectivity index (χ4n) is 3.45. The van der Waals surface area contributed by atoms with Gasteiger partial charge in [-0.15, -0.1) is 11.3 Å². The zero-order valence-electron chi connectivity index (χ0n) is 12.2. The van der Waals surface area contributed by atoms with Crippen LogP contribution in [0.15, 0.2) is 29.9 Å². The average molecular weight is 340 g/mol. The van der Waals surface area contributed by atoms with Crippen molar-refractivity contribution in [1.29, 1.82) is 0 Å². The number of thiazole rings is 1. The highest BCUT2D eigenvalue weighted by atomic mass is 32.1. The molecule has 2 aliphatic rings. The van der Waals surface area contributed by atoms with Crippen LogP contribution in [-0.4, -0.2) is 36.1 Å². The van der Waals surface area contributed by atoms with Crippen molar-refractivity contribution in [3.05, 3.63) is 35.5 Å². The Balaban J connectivity index is 1.43. The number of fused-ring (bicyclic) bond motifs is 1. The molecule has 0 spiro atoms. The highest BCUT2D eigenvalue weighted by Gasteiger charge is 2.41. The average Bonchev–Trinajstić information content (AvgIpc) is 3.21. The minimum atomic E-state index is -4.33. The van der Waals surface area contributed by atoms with Crippen LogP contribution in [0.3, 0.4) is 0 Å². The van der Waals surface area contributed by atoms with E-state index in [9.17, 15) is 13.2 Å². The molecular formula is C15H15F3N4S. The molecule has 2 aliphatic heterocycles. The van der Waals surface area contributed by atoms with E-state index >= 15 is 0 Å². The van der Waals surface area contributed by atoms with Crippen molar-refractivity contribution >= 4 is 22.3 Å². The Morgan fingerprint density at radius 3 is 2.22 bits per heavy atom. The van der Waals surface area contributed by atoms with E-state index < -0.39 is 11.7 Å². The van der Waals surface area contributed by atoms with Crippen molar-refractivity contribution in [3.8, 4) is 0 Å². The predicted octanol–water partition coefficient (Wildman–Crippen LogP) is 3.13. The summed E-state index contributed by atoms with van der Waals surface area (Å²) < 4.78 is 37.8. The van der Waals surface area contributed by atoms with Gasteiger partial charge in [-0.2, -0.15) is 13.2 Å². The van der Waals surface area contributed by atoms with Gasteiger partial charge < -0.3 is 9.80 Å². The Morgan fingerprint density at radius 1 is 1.00 bits per heavy atom. The van der Waals surface area contributed by atoms with E-state index in [2.05, 4.69) is 19.8 Å². The number of nitrogens with zero attached hydrogens (tertiary/aromatic N) is 4. The summed E-state index contributed by atoms with van der Waals surface area (Å²) in [5.74, 6) is 1.67. The third-order valence-electron chi connectivity index (χ3n) is 4.58. The summed E-state index contributed by atoms with van der Waals surface area (Å²) >= 11 is 1.64. The molecule has 0 N–H and O–H groups in total. The first-order chi connectivity index (χ1) is 11.0. The minimum absolute atomic E-state index is 0.517. The lowest BCUT2D eigenvalue weighted by Crippen LogP contribution is -2.29. The number of halogens is 3. The van der Waals surface area contributed by atoms with Gasteiger partial charge in [-0.05, 0) is 12.1 Å². The number of hydrogen-bond donors (Lipinski definition) is 0. The first-order valence-corrected chi connectivity index (χ1v) is 8.31. The van der Waals surface area contributed by atoms with Gasteiger partial charge in [0.15, 0.2) is 5.13 Å². The van der Waals surface area contributed by atoms with Crippen molar-refractivity contribution in [1.82, 2.24) is 9.97 Å². The monoisotopic (exact) mass is 340 g/mol. The molecule has 23 heavy (non-hydrogen) atoms. The fraction of sp³-hybridized carbons (Fsp3) is 0.467. The van der Waals surface area contributed by atoms with Crippen LogP contribution in [-0.2, 0) is 6.18 Å². The smallest absolute Gasteiger partial charge is 0.356 e. The molecule has 8 heteroatoms. The van der Waals surface area contributed by atoms with E-state index in [-0.39, 0.29) is 0 Å². The number of rotatable bonds is 2. The summed E-state index contributed by atoms with van der Waals surface area (Å²) in [7, 11) is 0. The van der Waals surface area contributed by atoms with E-state index in [1.807, 2.05) is 11.6 Å². The fourth-order valence-corrected chi connectivity index (χ4v) is 4.11. The molecule has 2 fully saturated rings. The number of hydrogen-bond acceptors (Lipinski definition) is 5. The number of anilines is 2. The maximum Gasteiger partial charge on any atom is 0.417 e. The first kappa shape index (κ1) is 14.7. The van der Waals surface area contributed by atoms with Crippen LogP contribution in [0, 0.1) is 11.8 Å². The largest absolute Gasteiger partial charge is 0.417 e. The molecule has 4 rings (SSSR count).